The van der Waals surface area contributed by atoms with Gasteiger partial charge in [0.1, 0.15) is 11.6 Å². The largest absolute Gasteiger partial charge is 0.488 e. The molecule has 0 spiro atoms. The van der Waals surface area contributed by atoms with Crippen LogP contribution in [0.4, 0.5) is 39.5 Å². The second-order valence-electron chi connectivity index (χ2n) is 10.6. The molecule has 0 radical (unpaired) electrons. The average Bonchev–Trinajstić information content (AvgIpc) is 2.97. The highest BCUT2D eigenvalue weighted by molar-refractivity contribution is 5.95. The van der Waals surface area contributed by atoms with Gasteiger partial charge in [0.05, 0.1) is 17.2 Å². The quantitative estimate of drug-likeness (QED) is 0.164. The molecule has 46 heavy (non-hydrogen) atoms. The molecule has 4 nitrogen and oxygen atoms in total. The molecule has 0 bridgehead atoms. The van der Waals surface area contributed by atoms with Gasteiger partial charge in [0.2, 0.25) is 0 Å². The molecule has 0 aliphatic rings. The average molecular weight is 656 g/mol. The van der Waals surface area contributed by atoms with E-state index in [0.717, 1.165) is 42.5 Å². The minimum Gasteiger partial charge on any atom is -0.488 e. The first-order valence-electron chi connectivity index (χ1n) is 13.7. The number of hydrogen-bond donors (Lipinski definition) is 1. The van der Waals surface area contributed by atoms with Crippen molar-refractivity contribution < 1.29 is 53.8 Å². The van der Waals surface area contributed by atoms with Gasteiger partial charge in [-0.2, -0.15) is 30.7 Å². The van der Waals surface area contributed by atoms with Gasteiger partial charge in [-0.05, 0) is 73.0 Å². The van der Waals surface area contributed by atoms with Crippen LogP contribution in [-0.2, 0) is 18.1 Å². The molecule has 4 rings (SSSR count). The first-order chi connectivity index (χ1) is 21.5. The van der Waals surface area contributed by atoms with Gasteiger partial charge in [-0.1, -0.05) is 42.5 Å². The molecule has 4 aromatic rings. The van der Waals surface area contributed by atoms with Crippen LogP contribution >= 0.6 is 0 Å². The SMILES string of the molecule is CC(C)Oc1cc([C@@](Cc2ccccc2)(NC(=O)c2cccc(C(F)(F)F)c2)c2cc(F)cc(OC(F)(F)C(F)F)c2)ccc1F. The van der Waals surface area contributed by atoms with Gasteiger partial charge in [0.25, 0.3) is 5.91 Å². The van der Waals surface area contributed by atoms with Crippen LogP contribution in [0.2, 0.25) is 0 Å². The summed E-state index contributed by atoms with van der Waals surface area (Å²) in [5.74, 6) is -4.58. The number of hydrogen-bond acceptors (Lipinski definition) is 3. The van der Waals surface area contributed by atoms with Gasteiger partial charge in [0.15, 0.2) is 11.6 Å². The summed E-state index contributed by atoms with van der Waals surface area (Å²) in [6.07, 6.45) is -15.0. The van der Waals surface area contributed by atoms with E-state index in [1.54, 1.807) is 44.2 Å². The Morgan fingerprint density at radius 2 is 1.48 bits per heavy atom. The molecule has 1 amide bonds. The van der Waals surface area contributed by atoms with Crippen molar-refractivity contribution in [1.29, 1.82) is 0 Å². The highest BCUT2D eigenvalue weighted by Gasteiger charge is 2.45. The molecule has 244 valence electrons. The molecule has 0 heterocycles. The highest BCUT2D eigenvalue weighted by atomic mass is 19.4. The van der Waals surface area contributed by atoms with Crippen LogP contribution in [0.3, 0.4) is 0 Å². The van der Waals surface area contributed by atoms with Crippen LogP contribution in [0.5, 0.6) is 11.5 Å². The zero-order valence-corrected chi connectivity index (χ0v) is 24.1. The van der Waals surface area contributed by atoms with E-state index in [2.05, 4.69) is 10.1 Å². The predicted molar refractivity (Wildman–Crippen MR) is 150 cm³/mol. The van der Waals surface area contributed by atoms with Crippen molar-refractivity contribution in [2.75, 3.05) is 0 Å². The van der Waals surface area contributed by atoms with Gasteiger partial charge >= 0.3 is 18.7 Å². The normalized spacial score (nSPS) is 13.4. The number of benzene rings is 4. The fraction of sp³-hybridized carbons (Fsp3) is 0.242. The van der Waals surface area contributed by atoms with Crippen LogP contribution in [-0.4, -0.2) is 24.5 Å². The van der Waals surface area contributed by atoms with Crippen molar-refractivity contribution in [3.63, 3.8) is 0 Å². The molecule has 1 N–H and O–H groups in total. The standard InChI is InChI=1S/C33H26F9NO3/c1-19(2)45-28-16-22(11-12-27(28)35)31(18-20-7-4-3-5-8-20,43-29(44)21-9-6-10-23(13-21)32(38,39)40)24-14-25(34)17-26(15-24)46-33(41,42)30(36)37/h3-17,19,30H,18H2,1-2H3,(H,43,44)/t31-/m1/s1. The summed E-state index contributed by atoms with van der Waals surface area (Å²) < 4.78 is 134. The second kappa shape index (κ2) is 13.4. The third-order valence-electron chi connectivity index (χ3n) is 6.75. The van der Waals surface area contributed by atoms with Gasteiger partial charge in [-0.25, -0.2) is 8.78 Å². The summed E-state index contributed by atoms with van der Waals surface area (Å²) in [5.41, 5.74) is -3.64. The van der Waals surface area contributed by atoms with E-state index in [1.165, 1.54) is 6.07 Å². The summed E-state index contributed by atoms with van der Waals surface area (Å²) in [7, 11) is 0. The molecule has 0 saturated carbocycles. The lowest BCUT2D eigenvalue weighted by atomic mass is 9.77. The van der Waals surface area contributed by atoms with E-state index in [0.29, 0.717) is 17.7 Å². The molecule has 0 aliphatic carbocycles. The number of carbonyl (C=O) groups excluding carboxylic acids is 1. The second-order valence-corrected chi connectivity index (χ2v) is 10.6. The Morgan fingerprint density at radius 1 is 0.783 bits per heavy atom. The smallest absolute Gasteiger partial charge is 0.461 e. The summed E-state index contributed by atoms with van der Waals surface area (Å²) in [5, 5.41) is 2.60. The van der Waals surface area contributed by atoms with Crippen molar-refractivity contribution in [2.24, 2.45) is 0 Å². The van der Waals surface area contributed by atoms with Crippen molar-refractivity contribution in [2.45, 2.75) is 50.6 Å². The van der Waals surface area contributed by atoms with Crippen LogP contribution in [0.25, 0.3) is 0 Å². The van der Waals surface area contributed by atoms with Crippen LogP contribution in [0.1, 0.15) is 46.5 Å². The number of nitrogens with one attached hydrogen (secondary N) is 1. The monoisotopic (exact) mass is 655 g/mol. The Labute approximate surface area is 257 Å². The third-order valence-corrected chi connectivity index (χ3v) is 6.75. The lowest BCUT2D eigenvalue weighted by Crippen LogP contribution is -2.49. The fourth-order valence-electron chi connectivity index (χ4n) is 4.75. The number of halogens is 9. The Morgan fingerprint density at radius 3 is 2.11 bits per heavy atom. The van der Waals surface area contributed by atoms with E-state index < -0.39 is 64.8 Å². The minimum absolute atomic E-state index is 0.0223. The van der Waals surface area contributed by atoms with Crippen molar-refractivity contribution in [1.82, 2.24) is 5.32 Å². The van der Waals surface area contributed by atoms with Gasteiger partial charge in [-0.3, -0.25) is 4.79 Å². The Hall–Kier alpha value is -4.68. The number of alkyl halides is 7. The molecule has 0 aliphatic heterocycles. The molecule has 4 aromatic carbocycles. The summed E-state index contributed by atoms with van der Waals surface area (Å²) in [6.45, 7) is 3.19. The van der Waals surface area contributed by atoms with Gasteiger partial charge in [-0.15, -0.1) is 0 Å². The predicted octanol–water partition coefficient (Wildman–Crippen LogP) is 8.92. The Balaban J connectivity index is 2.01. The lowest BCUT2D eigenvalue weighted by Gasteiger charge is -2.37. The van der Waals surface area contributed by atoms with Crippen molar-refractivity contribution in [3.05, 3.63) is 130 Å². The molecule has 0 fully saturated rings. The molecule has 13 heteroatoms. The van der Waals surface area contributed by atoms with E-state index in [-0.39, 0.29) is 23.3 Å². The lowest BCUT2D eigenvalue weighted by molar-refractivity contribution is -0.253. The number of carbonyl (C=O) groups is 1. The molecule has 0 aromatic heterocycles. The maximum Gasteiger partial charge on any atom is 0.461 e. The number of amides is 1. The van der Waals surface area contributed by atoms with Crippen LogP contribution < -0.4 is 14.8 Å². The molecule has 0 unspecified atom stereocenters. The molecular weight excluding hydrogens is 629 g/mol. The van der Waals surface area contributed by atoms with Gasteiger partial charge in [0, 0.05) is 18.1 Å². The van der Waals surface area contributed by atoms with Crippen LogP contribution in [0.15, 0.2) is 91.0 Å². The number of ether oxygens (including phenoxy) is 2. The zero-order chi connectivity index (χ0) is 33.9. The number of rotatable bonds is 11. The van der Waals surface area contributed by atoms with Crippen LogP contribution in [0, 0.1) is 11.6 Å². The highest BCUT2D eigenvalue weighted by Crippen LogP contribution is 2.40. The molecule has 1 atom stereocenters. The zero-order valence-electron chi connectivity index (χ0n) is 24.1. The Bertz CT molecular complexity index is 1680. The van der Waals surface area contributed by atoms with E-state index >= 15 is 4.39 Å². The van der Waals surface area contributed by atoms with Crippen molar-refractivity contribution in [3.8, 4) is 11.5 Å². The van der Waals surface area contributed by atoms with E-state index in [1.807, 2.05) is 0 Å². The summed E-state index contributed by atoms with van der Waals surface area (Å²) in [4.78, 5) is 13.8. The molecular formula is C33H26F9NO3. The third kappa shape index (κ3) is 7.93. The minimum atomic E-state index is -5.04. The first-order valence-corrected chi connectivity index (χ1v) is 13.7. The summed E-state index contributed by atoms with van der Waals surface area (Å²) in [6, 6.07) is 16.7. The molecule has 0 saturated heterocycles. The Kier molecular flexibility index (Phi) is 9.93. The van der Waals surface area contributed by atoms with E-state index in [4.69, 9.17) is 4.74 Å². The first kappa shape index (κ1) is 34.2. The van der Waals surface area contributed by atoms with Crippen molar-refractivity contribution >= 4 is 5.91 Å². The summed E-state index contributed by atoms with van der Waals surface area (Å²) >= 11 is 0. The maximum atomic E-state index is 15.1. The topological polar surface area (TPSA) is 47.6 Å². The maximum absolute atomic E-state index is 15.1. The van der Waals surface area contributed by atoms with E-state index in [9.17, 15) is 39.9 Å². The fourth-order valence-corrected chi connectivity index (χ4v) is 4.75. The van der Waals surface area contributed by atoms with Gasteiger partial charge < -0.3 is 14.8 Å².